The van der Waals surface area contributed by atoms with Crippen LogP contribution in [-0.2, 0) is 20.9 Å². The van der Waals surface area contributed by atoms with E-state index in [1.807, 2.05) is 36.4 Å². The number of carboxylic acids is 1. The average molecular weight is 466 g/mol. The van der Waals surface area contributed by atoms with Crippen LogP contribution < -0.4 is 0 Å². The fourth-order valence-electron chi connectivity index (χ4n) is 4.13. The number of fused-ring (bicyclic) bond motifs is 1. The van der Waals surface area contributed by atoms with Crippen molar-refractivity contribution in [1.29, 1.82) is 0 Å². The summed E-state index contributed by atoms with van der Waals surface area (Å²) in [4.78, 5) is 38.7. The summed E-state index contributed by atoms with van der Waals surface area (Å²) in [5.41, 5.74) is 3.31. The Labute approximate surface area is 196 Å². The van der Waals surface area contributed by atoms with Crippen molar-refractivity contribution in [2.75, 3.05) is 26.2 Å². The molecule has 0 radical (unpaired) electrons. The van der Waals surface area contributed by atoms with Crippen molar-refractivity contribution in [3.8, 4) is 11.1 Å². The van der Waals surface area contributed by atoms with Crippen molar-refractivity contribution in [3.05, 3.63) is 65.3 Å². The molecule has 0 saturated carbocycles. The Bertz CT molecular complexity index is 1260. The number of hydrogen-bond acceptors (Lipinski definition) is 3. The highest BCUT2D eigenvalue weighted by Crippen LogP contribution is 2.34. The van der Waals surface area contributed by atoms with Crippen LogP contribution in [0.1, 0.15) is 12.5 Å². The third-order valence-corrected chi connectivity index (χ3v) is 6.17. The number of piperazine rings is 1. The summed E-state index contributed by atoms with van der Waals surface area (Å²) in [6, 6.07) is 13.2. The zero-order valence-corrected chi connectivity index (χ0v) is 19.0. The van der Waals surface area contributed by atoms with Crippen molar-refractivity contribution in [2.24, 2.45) is 0 Å². The van der Waals surface area contributed by atoms with E-state index in [1.165, 1.54) is 6.92 Å². The maximum atomic E-state index is 12.7. The first kappa shape index (κ1) is 22.6. The first-order valence-corrected chi connectivity index (χ1v) is 11.0. The van der Waals surface area contributed by atoms with Gasteiger partial charge in [0.1, 0.15) is 6.54 Å². The number of nitrogens with zero attached hydrogens (tertiary/aromatic N) is 3. The minimum absolute atomic E-state index is 0.0245. The number of carboxylic acid groups (broad SMARTS) is 1. The maximum Gasteiger partial charge on any atom is 0.323 e. The molecule has 0 unspecified atom stereocenters. The molecule has 1 fully saturated rings. The molecule has 33 heavy (non-hydrogen) atoms. The van der Waals surface area contributed by atoms with Gasteiger partial charge in [0.05, 0.1) is 0 Å². The summed E-state index contributed by atoms with van der Waals surface area (Å²) in [7, 11) is 0. The Morgan fingerprint density at radius 2 is 1.76 bits per heavy atom. The van der Waals surface area contributed by atoms with Crippen LogP contribution in [0, 0.1) is 0 Å². The van der Waals surface area contributed by atoms with E-state index < -0.39 is 5.97 Å². The van der Waals surface area contributed by atoms with Gasteiger partial charge >= 0.3 is 5.97 Å². The van der Waals surface area contributed by atoms with Gasteiger partial charge in [-0.15, -0.1) is 0 Å². The van der Waals surface area contributed by atoms with Crippen molar-refractivity contribution in [3.63, 3.8) is 0 Å². The fourth-order valence-corrected chi connectivity index (χ4v) is 4.42. The largest absolute Gasteiger partial charge is 0.480 e. The van der Waals surface area contributed by atoms with Gasteiger partial charge in [0.25, 0.3) is 0 Å². The molecular formula is C25H24ClN3O4. The maximum absolute atomic E-state index is 12.7. The van der Waals surface area contributed by atoms with Crippen LogP contribution in [0.3, 0.4) is 0 Å². The number of aromatic nitrogens is 1. The standard InChI is InChI=1S/C25H24ClN3O4/c1-17(30)27-11-13-28(14-12-27)23(31)8-6-18-3-2-4-21(26)25(18)20-5-7-22-19(15-20)9-10-29(22)16-24(32)33/h2-10,15H,11-14,16H2,1H3,(H,32,33)/b8-6+. The van der Waals surface area contributed by atoms with Gasteiger partial charge in [-0.3, -0.25) is 14.4 Å². The van der Waals surface area contributed by atoms with E-state index in [4.69, 9.17) is 16.7 Å². The zero-order chi connectivity index (χ0) is 23.5. The number of hydrogen-bond donors (Lipinski definition) is 1. The predicted molar refractivity (Wildman–Crippen MR) is 128 cm³/mol. The van der Waals surface area contributed by atoms with Crippen LogP contribution in [0.2, 0.25) is 5.02 Å². The Morgan fingerprint density at radius 1 is 1.03 bits per heavy atom. The lowest BCUT2D eigenvalue weighted by atomic mass is 9.98. The number of benzene rings is 2. The highest BCUT2D eigenvalue weighted by atomic mass is 35.5. The molecule has 2 heterocycles. The highest BCUT2D eigenvalue weighted by Gasteiger charge is 2.21. The molecular weight excluding hydrogens is 442 g/mol. The van der Waals surface area contributed by atoms with Crippen LogP contribution in [0.25, 0.3) is 28.1 Å². The Hall–Kier alpha value is -3.58. The second kappa shape index (κ2) is 9.50. The van der Waals surface area contributed by atoms with Crippen molar-refractivity contribution >= 4 is 46.4 Å². The summed E-state index contributed by atoms with van der Waals surface area (Å²) in [6.45, 7) is 3.53. The van der Waals surface area contributed by atoms with E-state index >= 15 is 0 Å². The molecule has 1 saturated heterocycles. The molecule has 0 aliphatic carbocycles. The molecule has 170 valence electrons. The van der Waals surface area contributed by atoms with Gasteiger partial charge in [0, 0.05) is 66.9 Å². The molecule has 1 aliphatic heterocycles. The Balaban J connectivity index is 1.58. The summed E-state index contributed by atoms with van der Waals surface area (Å²) < 4.78 is 1.68. The number of rotatable bonds is 5. The Morgan fingerprint density at radius 3 is 2.45 bits per heavy atom. The first-order valence-electron chi connectivity index (χ1n) is 10.7. The van der Waals surface area contributed by atoms with Crippen LogP contribution >= 0.6 is 11.6 Å². The third-order valence-electron chi connectivity index (χ3n) is 5.85. The second-order valence-corrected chi connectivity index (χ2v) is 8.39. The third kappa shape index (κ3) is 4.93. The van der Waals surface area contributed by atoms with Crippen LogP contribution in [0.15, 0.2) is 54.7 Å². The van der Waals surface area contributed by atoms with Gasteiger partial charge in [0.15, 0.2) is 0 Å². The molecule has 4 rings (SSSR count). The normalized spacial score (nSPS) is 14.2. The predicted octanol–water partition coefficient (Wildman–Crippen LogP) is 3.75. The number of amides is 2. The summed E-state index contributed by atoms with van der Waals surface area (Å²) in [5, 5.41) is 10.6. The van der Waals surface area contributed by atoms with Crippen LogP contribution in [0.5, 0.6) is 0 Å². The number of carbonyl (C=O) groups is 3. The molecule has 1 aromatic heterocycles. The molecule has 1 N–H and O–H groups in total. The van der Waals surface area contributed by atoms with Gasteiger partial charge in [0.2, 0.25) is 11.8 Å². The molecule has 0 spiro atoms. The quantitative estimate of drug-likeness (QED) is 0.582. The van der Waals surface area contributed by atoms with Crippen LogP contribution in [0.4, 0.5) is 0 Å². The van der Waals surface area contributed by atoms with E-state index in [0.29, 0.717) is 31.2 Å². The lowest BCUT2D eigenvalue weighted by molar-refractivity contribution is -0.137. The topological polar surface area (TPSA) is 82.9 Å². The molecule has 0 atom stereocenters. The molecule has 8 heteroatoms. The van der Waals surface area contributed by atoms with Gasteiger partial charge in [-0.2, -0.15) is 0 Å². The van der Waals surface area contributed by atoms with Gasteiger partial charge in [-0.25, -0.2) is 0 Å². The van der Waals surface area contributed by atoms with E-state index in [1.54, 1.807) is 38.8 Å². The molecule has 0 bridgehead atoms. The number of halogens is 1. The summed E-state index contributed by atoms with van der Waals surface area (Å²) in [5.74, 6) is -0.982. The van der Waals surface area contributed by atoms with E-state index in [0.717, 1.165) is 27.6 Å². The van der Waals surface area contributed by atoms with Crippen molar-refractivity contribution in [2.45, 2.75) is 13.5 Å². The molecule has 7 nitrogen and oxygen atoms in total. The monoisotopic (exact) mass is 465 g/mol. The first-order chi connectivity index (χ1) is 15.8. The summed E-state index contributed by atoms with van der Waals surface area (Å²) in [6.07, 6.45) is 5.06. The van der Waals surface area contributed by atoms with Crippen LogP contribution in [-0.4, -0.2) is 63.4 Å². The SMILES string of the molecule is CC(=O)N1CCN(C(=O)/C=C/c2cccc(Cl)c2-c2ccc3c(ccn3CC(=O)O)c2)CC1. The molecule has 3 aromatic rings. The fraction of sp³-hybridized carbons (Fsp3) is 0.240. The lowest BCUT2D eigenvalue weighted by Crippen LogP contribution is -2.49. The Kier molecular flexibility index (Phi) is 6.51. The second-order valence-electron chi connectivity index (χ2n) is 7.98. The van der Waals surface area contributed by atoms with E-state index in [9.17, 15) is 14.4 Å². The summed E-state index contributed by atoms with van der Waals surface area (Å²) >= 11 is 6.55. The van der Waals surface area contributed by atoms with Gasteiger partial charge < -0.3 is 19.5 Å². The smallest absolute Gasteiger partial charge is 0.323 e. The van der Waals surface area contributed by atoms with Crippen molar-refractivity contribution < 1.29 is 19.5 Å². The lowest BCUT2D eigenvalue weighted by Gasteiger charge is -2.33. The number of carbonyl (C=O) groups excluding carboxylic acids is 2. The van der Waals surface area contributed by atoms with E-state index in [-0.39, 0.29) is 18.4 Å². The molecule has 2 amide bonds. The zero-order valence-electron chi connectivity index (χ0n) is 18.2. The average Bonchev–Trinajstić information content (AvgIpc) is 3.18. The van der Waals surface area contributed by atoms with Crippen molar-refractivity contribution in [1.82, 2.24) is 14.4 Å². The molecule has 2 aromatic carbocycles. The minimum Gasteiger partial charge on any atom is -0.480 e. The number of aliphatic carboxylic acids is 1. The van der Waals surface area contributed by atoms with Gasteiger partial charge in [-0.05, 0) is 41.5 Å². The molecule has 1 aliphatic rings. The van der Waals surface area contributed by atoms with E-state index in [2.05, 4.69) is 0 Å². The highest BCUT2D eigenvalue weighted by molar-refractivity contribution is 6.33. The van der Waals surface area contributed by atoms with Gasteiger partial charge in [-0.1, -0.05) is 29.8 Å². The minimum atomic E-state index is -0.900.